The quantitative estimate of drug-likeness (QED) is 0.794. The van der Waals surface area contributed by atoms with E-state index in [9.17, 15) is 0 Å². The topological polar surface area (TPSA) is 43.8 Å². The van der Waals surface area contributed by atoms with Crippen molar-refractivity contribution in [3.8, 4) is 0 Å². The third kappa shape index (κ3) is 2.15. The van der Waals surface area contributed by atoms with Gasteiger partial charge in [-0.3, -0.25) is 4.68 Å². The summed E-state index contributed by atoms with van der Waals surface area (Å²) < 4.78 is 2.00. The number of rotatable bonds is 4. The second-order valence-electron chi connectivity index (χ2n) is 4.75. The Kier molecular flexibility index (Phi) is 2.59. The minimum absolute atomic E-state index is 0.218. The largest absolute Gasteiger partial charge is 0.324 e. The molecule has 2 N–H and O–H groups in total. The third-order valence-electron chi connectivity index (χ3n) is 2.72. The molecule has 1 aliphatic rings. The number of hydrogen-bond donors (Lipinski definition) is 1. The maximum Gasteiger partial charge on any atom is 0.0537 e. The average molecular weight is 193 g/mol. The van der Waals surface area contributed by atoms with E-state index in [0.29, 0.717) is 11.8 Å². The molecular formula is C11H19N3. The van der Waals surface area contributed by atoms with Crippen LogP contribution in [0.3, 0.4) is 0 Å². The standard InChI is InChI=1S/C11H19N3/c1-8(2)6-14-7-10(5-13-14)11(12)9-3-4-9/h5,7-9,11H,3-4,6,12H2,1-2H3. The van der Waals surface area contributed by atoms with Crippen LogP contribution in [0.1, 0.15) is 38.3 Å². The first kappa shape index (κ1) is 9.71. The molecule has 14 heavy (non-hydrogen) atoms. The zero-order valence-corrected chi connectivity index (χ0v) is 8.98. The summed E-state index contributed by atoms with van der Waals surface area (Å²) >= 11 is 0. The lowest BCUT2D eigenvalue weighted by molar-refractivity contribution is 0.482. The predicted octanol–water partition coefficient (Wildman–Crippen LogP) is 1.95. The number of nitrogens with two attached hydrogens (primary N) is 1. The Bertz CT molecular complexity index is 299. The van der Waals surface area contributed by atoms with Crippen LogP contribution in [0.15, 0.2) is 12.4 Å². The highest BCUT2D eigenvalue weighted by Crippen LogP contribution is 2.39. The van der Waals surface area contributed by atoms with Gasteiger partial charge in [-0.05, 0) is 24.7 Å². The number of nitrogens with zero attached hydrogens (tertiary/aromatic N) is 2. The molecule has 1 aromatic rings. The molecule has 0 bridgehead atoms. The second-order valence-corrected chi connectivity index (χ2v) is 4.75. The van der Waals surface area contributed by atoms with Gasteiger partial charge < -0.3 is 5.73 Å². The van der Waals surface area contributed by atoms with Gasteiger partial charge in [0.05, 0.1) is 6.20 Å². The van der Waals surface area contributed by atoms with Gasteiger partial charge in [-0.2, -0.15) is 5.10 Å². The zero-order valence-electron chi connectivity index (χ0n) is 8.98. The van der Waals surface area contributed by atoms with Gasteiger partial charge in [0.1, 0.15) is 0 Å². The minimum atomic E-state index is 0.218. The number of aromatic nitrogens is 2. The summed E-state index contributed by atoms with van der Waals surface area (Å²) in [5.74, 6) is 1.35. The molecule has 0 saturated heterocycles. The summed E-state index contributed by atoms with van der Waals surface area (Å²) in [6.07, 6.45) is 6.60. The van der Waals surface area contributed by atoms with Crippen LogP contribution in [0.4, 0.5) is 0 Å². The average Bonchev–Trinajstić information content (AvgIpc) is 2.86. The first-order chi connectivity index (χ1) is 6.66. The third-order valence-corrected chi connectivity index (χ3v) is 2.72. The molecule has 0 amide bonds. The number of hydrogen-bond acceptors (Lipinski definition) is 2. The normalized spacial score (nSPS) is 18.9. The van der Waals surface area contributed by atoms with Crippen LogP contribution in [-0.4, -0.2) is 9.78 Å². The molecule has 3 nitrogen and oxygen atoms in total. The van der Waals surface area contributed by atoms with Crippen molar-refractivity contribution in [2.24, 2.45) is 17.6 Å². The SMILES string of the molecule is CC(C)Cn1cc(C(N)C2CC2)cn1. The zero-order chi connectivity index (χ0) is 10.1. The van der Waals surface area contributed by atoms with Gasteiger partial charge in [-0.15, -0.1) is 0 Å². The molecule has 1 saturated carbocycles. The molecule has 1 unspecified atom stereocenters. The van der Waals surface area contributed by atoms with Crippen LogP contribution in [0.2, 0.25) is 0 Å². The summed E-state index contributed by atoms with van der Waals surface area (Å²) in [5, 5.41) is 4.32. The van der Waals surface area contributed by atoms with E-state index >= 15 is 0 Å². The molecule has 1 aliphatic carbocycles. The van der Waals surface area contributed by atoms with E-state index in [0.717, 1.165) is 6.54 Å². The first-order valence-corrected chi connectivity index (χ1v) is 5.44. The molecule has 0 radical (unpaired) electrons. The van der Waals surface area contributed by atoms with Crippen molar-refractivity contribution >= 4 is 0 Å². The maximum absolute atomic E-state index is 6.09. The van der Waals surface area contributed by atoms with E-state index in [1.54, 1.807) is 0 Å². The van der Waals surface area contributed by atoms with Crippen molar-refractivity contribution in [3.05, 3.63) is 18.0 Å². The minimum Gasteiger partial charge on any atom is -0.324 e. The Balaban J connectivity index is 2.01. The van der Waals surface area contributed by atoms with Crippen LogP contribution in [0.25, 0.3) is 0 Å². The van der Waals surface area contributed by atoms with Crippen LogP contribution < -0.4 is 5.73 Å². The van der Waals surface area contributed by atoms with Gasteiger partial charge in [-0.1, -0.05) is 13.8 Å². The van der Waals surface area contributed by atoms with E-state index in [1.807, 2.05) is 10.9 Å². The monoisotopic (exact) mass is 193 g/mol. The molecular weight excluding hydrogens is 174 g/mol. The molecule has 1 heterocycles. The van der Waals surface area contributed by atoms with Crippen molar-refractivity contribution in [2.75, 3.05) is 0 Å². The first-order valence-electron chi connectivity index (χ1n) is 5.44. The summed E-state index contributed by atoms with van der Waals surface area (Å²) in [5.41, 5.74) is 7.29. The lowest BCUT2D eigenvalue weighted by Crippen LogP contribution is -2.11. The van der Waals surface area contributed by atoms with E-state index in [1.165, 1.54) is 18.4 Å². The van der Waals surface area contributed by atoms with E-state index in [-0.39, 0.29) is 6.04 Å². The summed E-state index contributed by atoms with van der Waals surface area (Å²) in [6, 6.07) is 0.218. The molecule has 0 aromatic carbocycles. The van der Waals surface area contributed by atoms with Crippen molar-refractivity contribution in [1.82, 2.24) is 9.78 Å². The van der Waals surface area contributed by atoms with Gasteiger partial charge in [0, 0.05) is 24.3 Å². The Labute approximate surface area is 85.3 Å². The van der Waals surface area contributed by atoms with Crippen molar-refractivity contribution < 1.29 is 0 Å². The van der Waals surface area contributed by atoms with Gasteiger partial charge in [0.2, 0.25) is 0 Å². The van der Waals surface area contributed by atoms with Gasteiger partial charge in [-0.25, -0.2) is 0 Å². The summed E-state index contributed by atoms with van der Waals surface area (Å²) in [6.45, 7) is 5.38. The summed E-state index contributed by atoms with van der Waals surface area (Å²) in [4.78, 5) is 0. The fourth-order valence-electron chi connectivity index (χ4n) is 1.75. The van der Waals surface area contributed by atoms with Gasteiger partial charge >= 0.3 is 0 Å². The highest BCUT2D eigenvalue weighted by atomic mass is 15.3. The lowest BCUT2D eigenvalue weighted by Gasteiger charge is -2.06. The van der Waals surface area contributed by atoms with Gasteiger partial charge in [0.25, 0.3) is 0 Å². The molecule has 0 aliphatic heterocycles. The van der Waals surface area contributed by atoms with Crippen molar-refractivity contribution in [3.63, 3.8) is 0 Å². The smallest absolute Gasteiger partial charge is 0.0537 e. The Hall–Kier alpha value is -0.830. The van der Waals surface area contributed by atoms with E-state index < -0.39 is 0 Å². The van der Waals surface area contributed by atoms with E-state index in [2.05, 4.69) is 25.1 Å². The Morgan fingerprint density at radius 1 is 1.57 bits per heavy atom. The van der Waals surface area contributed by atoms with Crippen molar-refractivity contribution in [1.29, 1.82) is 0 Å². The second kappa shape index (κ2) is 3.73. The van der Waals surface area contributed by atoms with Crippen LogP contribution in [0, 0.1) is 11.8 Å². The highest BCUT2D eigenvalue weighted by molar-refractivity contribution is 5.13. The predicted molar refractivity (Wildman–Crippen MR) is 56.7 cm³/mol. The fourth-order valence-corrected chi connectivity index (χ4v) is 1.75. The highest BCUT2D eigenvalue weighted by Gasteiger charge is 2.30. The van der Waals surface area contributed by atoms with Crippen LogP contribution >= 0.6 is 0 Å². The van der Waals surface area contributed by atoms with Crippen LogP contribution in [0.5, 0.6) is 0 Å². The van der Waals surface area contributed by atoms with E-state index in [4.69, 9.17) is 5.73 Å². The summed E-state index contributed by atoms with van der Waals surface area (Å²) in [7, 11) is 0. The lowest BCUT2D eigenvalue weighted by atomic mass is 10.1. The maximum atomic E-state index is 6.09. The van der Waals surface area contributed by atoms with Gasteiger partial charge in [0.15, 0.2) is 0 Å². The molecule has 1 aromatic heterocycles. The Morgan fingerprint density at radius 2 is 2.29 bits per heavy atom. The molecule has 78 valence electrons. The fraction of sp³-hybridized carbons (Fsp3) is 0.727. The molecule has 3 heteroatoms. The molecule has 1 atom stereocenters. The van der Waals surface area contributed by atoms with Crippen molar-refractivity contribution in [2.45, 2.75) is 39.3 Å². The molecule has 2 rings (SSSR count). The molecule has 1 fully saturated rings. The molecule has 0 spiro atoms. The Morgan fingerprint density at radius 3 is 2.86 bits per heavy atom. The van der Waals surface area contributed by atoms with Crippen LogP contribution in [-0.2, 0) is 6.54 Å².